The number of benzene rings is 1. The molecule has 0 heterocycles. The average Bonchev–Trinajstić information content (AvgIpc) is 2.31. The molecule has 1 rings (SSSR count). The van der Waals surface area contributed by atoms with Gasteiger partial charge in [0.2, 0.25) is 0 Å². The van der Waals surface area contributed by atoms with Crippen LogP contribution < -0.4 is 0 Å². The van der Waals surface area contributed by atoms with Gasteiger partial charge < -0.3 is 4.74 Å². The van der Waals surface area contributed by atoms with Crippen molar-refractivity contribution in [3.8, 4) is 0 Å². The number of carbonyl (C=O) groups excluding carboxylic acids is 1. The third kappa shape index (κ3) is 3.98. The van der Waals surface area contributed by atoms with Gasteiger partial charge in [0.05, 0.1) is 33.9 Å². The van der Waals surface area contributed by atoms with E-state index in [-0.39, 0.29) is 11.7 Å². The van der Waals surface area contributed by atoms with Crippen molar-refractivity contribution in [1.82, 2.24) is 0 Å². The van der Waals surface area contributed by atoms with Gasteiger partial charge in [-0.25, -0.2) is 0 Å². The summed E-state index contributed by atoms with van der Waals surface area (Å²) in [5, 5.41) is 0.761. The average molecular weight is 295 g/mol. The molecule has 0 bridgehead atoms. The molecule has 0 fully saturated rings. The Morgan fingerprint density at radius 1 is 1.41 bits per heavy atom. The van der Waals surface area contributed by atoms with Crippen LogP contribution in [0.15, 0.2) is 23.1 Å². The first-order valence-corrected chi connectivity index (χ1v) is 6.94. The Labute approximate surface area is 113 Å². The van der Waals surface area contributed by atoms with Gasteiger partial charge in [0.15, 0.2) is 0 Å². The van der Waals surface area contributed by atoms with Crippen LogP contribution >= 0.6 is 23.2 Å². The summed E-state index contributed by atoms with van der Waals surface area (Å²) in [7, 11) is 0.00831. The SMILES string of the molecule is COC(=O)C(C)CS(=O)c1ccc(Cl)c(Cl)c1. The third-order valence-corrected chi connectivity index (χ3v) is 4.48. The Bertz CT molecular complexity index is 448. The van der Waals surface area contributed by atoms with Gasteiger partial charge in [0.1, 0.15) is 0 Å². The number of hydrogen-bond acceptors (Lipinski definition) is 3. The van der Waals surface area contributed by atoms with E-state index in [1.807, 2.05) is 0 Å². The van der Waals surface area contributed by atoms with E-state index in [2.05, 4.69) is 4.74 Å². The predicted molar refractivity (Wildman–Crippen MR) is 68.9 cm³/mol. The van der Waals surface area contributed by atoms with Crippen LogP contribution in [0.1, 0.15) is 6.92 Å². The molecular formula is C11H12Cl2O3S. The Kier molecular flexibility index (Phi) is 5.43. The smallest absolute Gasteiger partial charge is 0.309 e. The van der Waals surface area contributed by atoms with Gasteiger partial charge in [-0.2, -0.15) is 0 Å². The Morgan fingerprint density at radius 2 is 2.06 bits per heavy atom. The van der Waals surface area contributed by atoms with Gasteiger partial charge in [-0.1, -0.05) is 30.1 Å². The topological polar surface area (TPSA) is 43.4 Å². The summed E-state index contributed by atoms with van der Waals surface area (Å²) < 4.78 is 16.5. The zero-order chi connectivity index (χ0) is 13.0. The maximum absolute atomic E-state index is 11.9. The molecule has 6 heteroatoms. The lowest BCUT2D eigenvalue weighted by atomic mass is 10.2. The zero-order valence-electron chi connectivity index (χ0n) is 9.41. The minimum atomic E-state index is -1.30. The number of hydrogen-bond donors (Lipinski definition) is 0. The fraction of sp³-hybridized carbons (Fsp3) is 0.364. The lowest BCUT2D eigenvalue weighted by Gasteiger charge is -2.09. The molecule has 0 saturated heterocycles. The number of ether oxygens (including phenoxy) is 1. The van der Waals surface area contributed by atoms with Crippen LogP contribution in [0.4, 0.5) is 0 Å². The van der Waals surface area contributed by atoms with E-state index in [9.17, 15) is 9.00 Å². The van der Waals surface area contributed by atoms with Crippen molar-refractivity contribution >= 4 is 40.0 Å². The van der Waals surface area contributed by atoms with Crippen LogP contribution in [0, 0.1) is 5.92 Å². The summed E-state index contributed by atoms with van der Waals surface area (Å²) in [5.41, 5.74) is 0. The number of esters is 1. The van der Waals surface area contributed by atoms with E-state index < -0.39 is 16.7 Å². The minimum Gasteiger partial charge on any atom is -0.469 e. The van der Waals surface area contributed by atoms with E-state index in [4.69, 9.17) is 23.2 Å². The summed E-state index contributed by atoms with van der Waals surface area (Å²) in [6.07, 6.45) is 0. The molecule has 94 valence electrons. The molecule has 0 aliphatic carbocycles. The Balaban J connectivity index is 2.76. The number of carbonyl (C=O) groups is 1. The van der Waals surface area contributed by atoms with Crippen LogP contribution in [0.25, 0.3) is 0 Å². The molecule has 1 aromatic rings. The maximum atomic E-state index is 11.9. The van der Waals surface area contributed by atoms with Crippen molar-refractivity contribution in [1.29, 1.82) is 0 Å². The molecule has 0 amide bonds. The number of rotatable bonds is 4. The summed E-state index contributed by atoms with van der Waals surface area (Å²) >= 11 is 11.6. The molecule has 0 spiro atoms. The van der Waals surface area contributed by atoms with E-state index in [1.54, 1.807) is 25.1 Å². The summed E-state index contributed by atoms with van der Waals surface area (Å²) in [6.45, 7) is 1.67. The van der Waals surface area contributed by atoms with E-state index in [0.717, 1.165) is 0 Å². The summed E-state index contributed by atoms with van der Waals surface area (Å²) in [4.78, 5) is 11.7. The first-order chi connectivity index (χ1) is 7.95. The van der Waals surface area contributed by atoms with E-state index >= 15 is 0 Å². The lowest BCUT2D eigenvalue weighted by Crippen LogP contribution is -2.19. The molecule has 0 aromatic heterocycles. The fourth-order valence-corrected chi connectivity index (χ4v) is 2.83. The molecule has 3 nitrogen and oxygen atoms in total. The highest BCUT2D eigenvalue weighted by atomic mass is 35.5. The molecule has 2 unspecified atom stereocenters. The summed E-state index contributed by atoms with van der Waals surface area (Å²) in [6, 6.07) is 4.76. The number of halogens is 2. The highest BCUT2D eigenvalue weighted by Gasteiger charge is 2.17. The van der Waals surface area contributed by atoms with Gasteiger partial charge in [-0.3, -0.25) is 9.00 Å². The quantitative estimate of drug-likeness (QED) is 0.802. The van der Waals surface area contributed by atoms with Crippen LogP contribution in [0.2, 0.25) is 10.0 Å². The van der Waals surface area contributed by atoms with Crippen molar-refractivity contribution in [3.05, 3.63) is 28.2 Å². The van der Waals surface area contributed by atoms with Crippen LogP contribution in [-0.4, -0.2) is 23.0 Å². The first kappa shape index (κ1) is 14.5. The Hall–Kier alpha value is -0.580. The van der Waals surface area contributed by atoms with E-state index in [1.165, 1.54) is 7.11 Å². The zero-order valence-corrected chi connectivity index (χ0v) is 11.7. The molecule has 0 aliphatic heterocycles. The second kappa shape index (κ2) is 6.38. The van der Waals surface area contributed by atoms with Gasteiger partial charge in [-0.15, -0.1) is 0 Å². The minimum absolute atomic E-state index is 0.199. The maximum Gasteiger partial charge on any atom is 0.309 e. The van der Waals surface area contributed by atoms with Gasteiger partial charge >= 0.3 is 5.97 Å². The van der Waals surface area contributed by atoms with Gasteiger partial charge in [0.25, 0.3) is 0 Å². The highest BCUT2D eigenvalue weighted by Crippen LogP contribution is 2.24. The molecule has 1 aromatic carbocycles. The fourth-order valence-electron chi connectivity index (χ4n) is 1.21. The van der Waals surface area contributed by atoms with E-state index in [0.29, 0.717) is 14.9 Å². The predicted octanol–water partition coefficient (Wildman–Crippen LogP) is 2.91. The van der Waals surface area contributed by atoms with Crippen LogP contribution in [-0.2, 0) is 20.3 Å². The van der Waals surface area contributed by atoms with Crippen molar-refractivity contribution < 1.29 is 13.7 Å². The van der Waals surface area contributed by atoms with Crippen LogP contribution in [0.3, 0.4) is 0 Å². The molecule has 0 aliphatic rings. The second-order valence-corrected chi connectivity index (χ2v) is 5.82. The molecule has 0 saturated carbocycles. The van der Waals surface area contributed by atoms with Crippen molar-refractivity contribution in [3.63, 3.8) is 0 Å². The Morgan fingerprint density at radius 3 is 2.59 bits per heavy atom. The molecule has 0 N–H and O–H groups in total. The molecule has 17 heavy (non-hydrogen) atoms. The molecule has 2 atom stereocenters. The van der Waals surface area contributed by atoms with Crippen LogP contribution in [0.5, 0.6) is 0 Å². The lowest BCUT2D eigenvalue weighted by molar-refractivity contribution is -0.144. The van der Waals surface area contributed by atoms with Crippen molar-refractivity contribution in [2.45, 2.75) is 11.8 Å². The standard InChI is InChI=1S/C11H12Cl2O3S/c1-7(11(14)16-2)6-17(15)8-3-4-9(12)10(13)5-8/h3-5,7H,6H2,1-2H3. The van der Waals surface area contributed by atoms with Gasteiger partial charge in [-0.05, 0) is 18.2 Å². The highest BCUT2D eigenvalue weighted by molar-refractivity contribution is 7.85. The third-order valence-electron chi connectivity index (χ3n) is 2.16. The monoisotopic (exact) mass is 294 g/mol. The largest absolute Gasteiger partial charge is 0.469 e. The van der Waals surface area contributed by atoms with Gasteiger partial charge in [0, 0.05) is 10.6 Å². The molecule has 0 radical (unpaired) electrons. The number of methoxy groups -OCH3 is 1. The van der Waals surface area contributed by atoms with Crippen molar-refractivity contribution in [2.75, 3.05) is 12.9 Å². The summed E-state index contributed by atoms with van der Waals surface area (Å²) in [5.74, 6) is -0.598. The molecular weight excluding hydrogens is 283 g/mol. The normalized spacial score (nSPS) is 14.1. The second-order valence-electron chi connectivity index (χ2n) is 3.51. The first-order valence-electron chi connectivity index (χ1n) is 4.87. The van der Waals surface area contributed by atoms with Crippen molar-refractivity contribution in [2.24, 2.45) is 5.92 Å².